The molecule has 14 heavy (non-hydrogen) atoms. The molecule has 0 fully saturated rings. The van der Waals surface area contributed by atoms with Crippen LogP contribution in [0.5, 0.6) is 0 Å². The van der Waals surface area contributed by atoms with Crippen molar-refractivity contribution in [3.63, 3.8) is 0 Å². The minimum Gasteiger partial charge on any atom is -0.166 e. The third-order valence-electron chi connectivity index (χ3n) is 3.05. The zero-order valence-electron chi connectivity index (χ0n) is 8.65. The van der Waals surface area contributed by atoms with E-state index in [-0.39, 0.29) is 5.41 Å². The molecule has 1 atom stereocenters. The number of hydrogen-bond acceptors (Lipinski definition) is 0. The van der Waals surface area contributed by atoms with Crippen LogP contribution >= 0.6 is 0 Å². The van der Waals surface area contributed by atoms with Crippen LogP contribution in [-0.2, 0) is 0 Å². The van der Waals surface area contributed by atoms with E-state index < -0.39 is 11.7 Å². The number of rotatable bonds is 1. The molecule has 0 bridgehead atoms. The standard InChI is InChI=1S/C11H15F3/c1-8(2)10(3)6-4-9(5-7-10)11(12,13)14/h4-6,8H,7H2,1-3H3. The maximum atomic E-state index is 12.3. The molecule has 1 aliphatic carbocycles. The van der Waals surface area contributed by atoms with Crippen LogP contribution in [0.15, 0.2) is 23.8 Å². The zero-order valence-corrected chi connectivity index (χ0v) is 8.65. The molecule has 1 rings (SSSR count). The highest BCUT2D eigenvalue weighted by Gasteiger charge is 2.36. The molecule has 0 amide bonds. The Labute approximate surface area is 82.5 Å². The van der Waals surface area contributed by atoms with Crippen molar-refractivity contribution in [2.75, 3.05) is 0 Å². The molecule has 0 radical (unpaired) electrons. The minimum atomic E-state index is -4.20. The van der Waals surface area contributed by atoms with E-state index in [1.165, 1.54) is 12.2 Å². The van der Waals surface area contributed by atoms with Crippen LogP contribution in [0.4, 0.5) is 13.2 Å². The summed E-state index contributed by atoms with van der Waals surface area (Å²) in [5, 5.41) is 0. The Bertz CT molecular complexity index is 271. The first-order chi connectivity index (χ1) is 6.26. The lowest BCUT2D eigenvalue weighted by Crippen LogP contribution is -2.24. The Morgan fingerprint density at radius 1 is 1.36 bits per heavy atom. The van der Waals surface area contributed by atoms with Crippen molar-refractivity contribution in [1.29, 1.82) is 0 Å². The zero-order chi connectivity index (χ0) is 11.0. The van der Waals surface area contributed by atoms with Gasteiger partial charge in [-0.3, -0.25) is 0 Å². The van der Waals surface area contributed by atoms with Gasteiger partial charge in [-0.15, -0.1) is 0 Å². The quantitative estimate of drug-likeness (QED) is 0.603. The average Bonchev–Trinajstić information content (AvgIpc) is 2.03. The van der Waals surface area contributed by atoms with Crippen molar-refractivity contribution in [2.45, 2.75) is 33.4 Å². The molecular formula is C11H15F3. The Morgan fingerprint density at radius 3 is 2.21 bits per heavy atom. The van der Waals surface area contributed by atoms with Crippen LogP contribution in [0.1, 0.15) is 27.2 Å². The highest BCUT2D eigenvalue weighted by Crippen LogP contribution is 2.40. The van der Waals surface area contributed by atoms with Gasteiger partial charge in [0, 0.05) is 0 Å². The molecule has 0 aromatic carbocycles. The van der Waals surface area contributed by atoms with E-state index in [1.807, 2.05) is 20.8 Å². The van der Waals surface area contributed by atoms with Crippen molar-refractivity contribution in [3.05, 3.63) is 23.8 Å². The largest absolute Gasteiger partial charge is 0.416 e. The van der Waals surface area contributed by atoms with Gasteiger partial charge in [-0.2, -0.15) is 13.2 Å². The van der Waals surface area contributed by atoms with E-state index in [9.17, 15) is 13.2 Å². The van der Waals surface area contributed by atoms with Gasteiger partial charge in [0.25, 0.3) is 0 Å². The molecule has 0 saturated heterocycles. The third kappa shape index (κ3) is 2.20. The van der Waals surface area contributed by atoms with Gasteiger partial charge in [-0.25, -0.2) is 0 Å². The van der Waals surface area contributed by atoms with Crippen molar-refractivity contribution in [2.24, 2.45) is 11.3 Å². The number of hydrogen-bond donors (Lipinski definition) is 0. The summed E-state index contributed by atoms with van der Waals surface area (Å²) in [5.41, 5.74) is -0.648. The van der Waals surface area contributed by atoms with Gasteiger partial charge in [-0.05, 0) is 17.8 Å². The first-order valence-corrected chi connectivity index (χ1v) is 4.72. The maximum absolute atomic E-state index is 12.3. The van der Waals surface area contributed by atoms with Gasteiger partial charge in [0.15, 0.2) is 0 Å². The molecule has 0 N–H and O–H groups in total. The lowest BCUT2D eigenvalue weighted by atomic mass is 9.73. The monoisotopic (exact) mass is 204 g/mol. The Kier molecular flexibility index (Phi) is 2.79. The fraction of sp³-hybridized carbons (Fsp3) is 0.636. The topological polar surface area (TPSA) is 0 Å². The van der Waals surface area contributed by atoms with Crippen molar-refractivity contribution in [1.82, 2.24) is 0 Å². The Hall–Kier alpha value is -0.730. The molecule has 1 aliphatic rings. The van der Waals surface area contributed by atoms with Crippen LogP contribution < -0.4 is 0 Å². The third-order valence-corrected chi connectivity index (χ3v) is 3.05. The lowest BCUT2D eigenvalue weighted by molar-refractivity contribution is -0.0890. The van der Waals surface area contributed by atoms with Gasteiger partial charge in [0.2, 0.25) is 0 Å². The molecule has 0 aromatic rings. The van der Waals surface area contributed by atoms with Gasteiger partial charge in [0.1, 0.15) is 0 Å². The second-order valence-electron chi connectivity index (χ2n) is 4.36. The molecule has 1 unspecified atom stereocenters. The molecule has 3 heteroatoms. The van der Waals surface area contributed by atoms with Crippen molar-refractivity contribution < 1.29 is 13.2 Å². The van der Waals surface area contributed by atoms with Crippen LogP contribution in [0.2, 0.25) is 0 Å². The molecule has 0 aliphatic heterocycles. The van der Waals surface area contributed by atoms with E-state index in [4.69, 9.17) is 0 Å². The molecular weight excluding hydrogens is 189 g/mol. The van der Waals surface area contributed by atoms with E-state index in [0.717, 1.165) is 0 Å². The lowest BCUT2D eigenvalue weighted by Gasteiger charge is -2.32. The van der Waals surface area contributed by atoms with Crippen LogP contribution in [0.25, 0.3) is 0 Å². The summed E-state index contributed by atoms with van der Waals surface area (Å²) in [7, 11) is 0. The molecule has 0 saturated carbocycles. The summed E-state index contributed by atoms with van der Waals surface area (Å²) < 4.78 is 36.8. The van der Waals surface area contributed by atoms with Gasteiger partial charge >= 0.3 is 6.18 Å². The summed E-state index contributed by atoms with van der Waals surface area (Å²) in [5.74, 6) is 0.352. The summed E-state index contributed by atoms with van der Waals surface area (Å²) in [6, 6.07) is 0. The predicted molar refractivity (Wildman–Crippen MR) is 50.8 cm³/mol. The number of halogens is 3. The van der Waals surface area contributed by atoms with Crippen molar-refractivity contribution in [3.8, 4) is 0 Å². The summed E-state index contributed by atoms with van der Waals surface area (Å²) in [6.07, 6.45) is 0.439. The number of allylic oxidation sites excluding steroid dienone is 4. The fourth-order valence-electron chi connectivity index (χ4n) is 1.38. The summed E-state index contributed by atoms with van der Waals surface area (Å²) >= 11 is 0. The normalized spacial score (nSPS) is 28.1. The van der Waals surface area contributed by atoms with Crippen LogP contribution in [0, 0.1) is 11.3 Å². The molecule has 0 aromatic heterocycles. The van der Waals surface area contributed by atoms with Gasteiger partial charge in [0.05, 0.1) is 5.57 Å². The average molecular weight is 204 g/mol. The van der Waals surface area contributed by atoms with E-state index >= 15 is 0 Å². The second-order valence-corrected chi connectivity index (χ2v) is 4.36. The second kappa shape index (κ2) is 3.44. The predicted octanol–water partition coefficient (Wildman–Crippen LogP) is 4.10. The maximum Gasteiger partial charge on any atom is 0.416 e. The number of alkyl halides is 3. The van der Waals surface area contributed by atoms with Crippen molar-refractivity contribution >= 4 is 0 Å². The Morgan fingerprint density at radius 2 is 1.93 bits per heavy atom. The summed E-state index contributed by atoms with van der Waals surface area (Å²) in [6.45, 7) is 6.03. The first-order valence-electron chi connectivity index (χ1n) is 4.72. The Balaban J connectivity index is 2.81. The first kappa shape index (κ1) is 11.3. The van der Waals surface area contributed by atoms with E-state index in [1.54, 1.807) is 6.08 Å². The minimum absolute atomic E-state index is 0.130. The summed E-state index contributed by atoms with van der Waals surface area (Å²) in [4.78, 5) is 0. The highest BCUT2D eigenvalue weighted by atomic mass is 19.4. The van der Waals surface area contributed by atoms with Crippen LogP contribution in [-0.4, -0.2) is 6.18 Å². The van der Waals surface area contributed by atoms with E-state index in [2.05, 4.69) is 0 Å². The molecule has 0 spiro atoms. The fourth-order valence-corrected chi connectivity index (χ4v) is 1.38. The molecule has 0 nitrogen and oxygen atoms in total. The van der Waals surface area contributed by atoms with Crippen LogP contribution in [0.3, 0.4) is 0 Å². The highest BCUT2D eigenvalue weighted by molar-refractivity contribution is 5.30. The van der Waals surface area contributed by atoms with E-state index in [0.29, 0.717) is 12.3 Å². The molecule has 80 valence electrons. The van der Waals surface area contributed by atoms with Gasteiger partial charge < -0.3 is 0 Å². The smallest absolute Gasteiger partial charge is 0.166 e. The molecule has 0 heterocycles. The van der Waals surface area contributed by atoms with Gasteiger partial charge in [-0.1, -0.05) is 39.0 Å². The SMILES string of the molecule is CC(C)C1(C)C=CC(C(F)(F)F)=CC1.